The third-order valence-electron chi connectivity index (χ3n) is 4.27. The largest absolute Gasteiger partial charge is 0.395 e. The Kier molecular flexibility index (Phi) is 3.36. The summed E-state index contributed by atoms with van der Waals surface area (Å²) in [5, 5.41) is 13.2. The predicted octanol–water partition coefficient (Wildman–Crippen LogP) is 2.33. The molecule has 0 aliphatic carbocycles. The third kappa shape index (κ3) is 1.97. The van der Waals surface area contributed by atoms with Gasteiger partial charge in [0, 0.05) is 11.5 Å². The lowest BCUT2D eigenvalue weighted by molar-refractivity contribution is 0.223. The summed E-state index contributed by atoms with van der Waals surface area (Å²) in [6, 6.07) is 21.1. The molecule has 1 atom stereocenters. The molecule has 1 heterocycles. The molecule has 0 amide bonds. The highest BCUT2D eigenvalue weighted by atomic mass is 16.3. The van der Waals surface area contributed by atoms with Crippen LogP contribution >= 0.6 is 0 Å². The van der Waals surface area contributed by atoms with E-state index in [2.05, 4.69) is 53.8 Å². The van der Waals surface area contributed by atoms with Crippen LogP contribution in [-0.2, 0) is 5.41 Å². The van der Waals surface area contributed by atoms with E-state index in [1.54, 1.807) is 0 Å². The number of hydrogen-bond donors (Lipinski definition) is 2. The van der Waals surface area contributed by atoms with Crippen LogP contribution < -0.4 is 5.32 Å². The summed E-state index contributed by atoms with van der Waals surface area (Å²) >= 11 is 0. The van der Waals surface area contributed by atoms with Crippen molar-refractivity contribution in [3.05, 3.63) is 71.8 Å². The summed E-state index contributed by atoms with van der Waals surface area (Å²) in [7, 11) is 0. The van der Waals surface area contributed by atoms with Crippen LogP contribution in [0.2, 0.25) is 0 Å². The highest BCUT2D eigenvalue weighted by Gasteiger charge is 2.44. The van der Waals surface area contributed by atoms with Gasteiger partial charge >= 0.3 is 0 Å². The van der Waals surface area contributed by atoms with E-state index in [-0.39, 0.29) is 18.1 Å². The van der Waals surface area contributed by atoms with Crippen molar-refractivity contribution in [2.75, 3.05) is 13.2 Å². The van der Waals surface area contributed by atoms with Gasteiger partial charge < -0.3 is 10.4 Å². The second-order valence-corrected chi connectivity index (χ2v) is 5.14. The van der Waals surface area contributed by atoms with Gasteiger partial charge in [-0.05, 0) is 24.1 Å². The molecule has 0 bridgehead atoms. The van der Waals surface area contributed by atoms with Crippen LogP contribution in [-0.4, -0.2) is 24.3 Å². The molecule has 0 saturated carbocycles. The number of nitrogens with one attached hydrogen (secondary N) is 1. The van der Waals surface area contributed by atoms with Crippen molar-refractivity contribution in [2.45, 2.75) is 17.9 Å². The zero-order valence-electron chi connectivity index (χ0n) is 10.9. The van der Waals surface area contributed by atoms with Crippen LogP contribution in [0.5, 0.6) is 0 Å². The van der Waals surface area contributed by atoms with E-state index in [1.165, 1.54) is 11.1 Å². The number of rotatable bonds is 3. The molecule has 1 aliphatic heterocycles. The minimum Gasteiger partial charge on any atom is -0.395 e. The average Bonchev–Trinajstić information content (AvgIpc) is 2.94. The fourth-order valence-electron chi connectivity index (χ4n) is 3.34. The van der Waals surface area contributed by atoms with Crippen molar-refractivity contribution in [1.29, 1.82) is 0 Å². The number of hydrogen-bond acceptors (Lipinski definition) is 2. The molecule has 1 unspecified atom stereocenters. The van der Waals surface area contributed by atoms with Crippen LogP contribution in [0.25, 0.3) is 0 Å². The zero-order valence-corrected chi connectivity index (χ0v) is 10.9. The number of aliphatic hydroxyl groups is 1. The van der Waals surface area contributed by atoms with Crippen LogP contribution in [0.4, 0.5) is 0 Å². The van der Waals surface area contributed by atoms with Crippen molar-refractivity contribution < 1.29 is 5.11 Å². The fourth-order valence-corrected chi connectivity index (χ4v) is 3.34. The topological polar surface area (TPSA) is 32.3 Å². The van der Waals surface area contributed by atoms with Gasteiger partial charge in [0.1, 0.15) is 0 Å². The lowest BCUT2D eigenvalue weighted by Gasteiger charge is -2.35. The van der Waals surface area contributed by atoms with Gasteiger partial charge in [0.2, 0.25) is 0 Å². The van der Waals surface area contributed by atoms with Gasteiger partial charge in [0.25, 0.3) is 0 Å². The molecule has 1 saturated heterocycles. The van der Waals surface area contributed by atoms with E-state index in [4.69, 9.17) is 0 Å². The van der Waals surface area contributed by atoms with Crippen LogP contribution in [0, 0.1) is 0 Å². The predicted molar refractivity (Wildman–Crippen MR) is 77.2 cm³/mol. The van der Waals surface area contributed by atoms with Gasteiger partial charge in [-0.2, -0.15) is 0 Å². The molecule has 0 radical (unpaired) electrons. The molecule has 1 fully saturated rings. The molecule has 98 valence electrons. The highest BCUT2D eigenvalue weighted by Crippen LogP contribution is 2.41. The summed E-state index contributed by atoms with van der Waals surface area (Å²) in [5.41, 5.74) is 2.45. The first-order valence-corrected chi connectivity index (χ1v) is 6.83. The first-order chi connectivity index (χ1) is 9.38. The Morgan fingerprint density at radius 3 is 1.95 bits per heavy atom. The van der Waals surface area contributed by atoms with Crippen LogP contribution in [0.1, 0.15) is 17.5 Å². The molecule has 2 aromatic carbocycles. The Morgan fingerprint density at radius 1 is 0.947 bits per heavy atom. The first-order valence-electron chi connectivity index (χ1n) is 6.83. The van der Waals surface area contributed by atoms with Crippen molar-refractivity contribution >= 4 is 0 Å². The fraction of sp³-hybridized carbons (Fsp3) is 0.294. The number of benzene rings is 2. The van der Waals surface area contributed by atoms with E-state index in [0.717, 1.165) is 13.0 Å². The Balaban J connectivity index is 2.17. The molecule has 3 rings (SSSR count). The van der Waals surface area contributed by atoms with Gasteiger partial charge in [-0.3, -0.25) is 0 Å². The Hall–Kier alpha value is -1.64. The summed E-state index contributed by atoms with van der Waals surface area (Å²) in [6.45, 7) is 1.10. The monoisotopic (exact) mass is 253 g/mol. The molecule has 2 aromatic rings. The Labute approximate surface area is 114 Å². The van der Waals surface area contributed by atoms with Crippen LogP contribution in [0.15, 0.2) is 60.7 Å². The lowest BCUT2D eigenvalue weighted by Crippen LogP contribution is -2.43. The van der Waals surface area contributed by atoms with E-state index >= 15 is 0 Å². The summed E-state index contributed by atoms with van der Waals surface area (Å²) in [5.74, 6) is 0. The van der Waals surface area contributed by atoms with Gasteiger partial charge in [-0.25, -0.2) is 0 Å². The quantitative estimate of drug-likeness (QED) is 0.880. The second-order valence-electron chi connectivity index (χ2n) is 5.14. The maximum atomic E-state index is 9.76. The average molecular weight is 253 g/mol. The maximum Gasteiger partial charge on any atom is 0.0596 e. The van der Waals surface area contributed by atoms with E-state index in [9.17, 15) is 5.11 Å². The summed E-state index contributed by atoms with van der Waals surface area (Å²) in [6.07, 6.45) is 1.02. The zero-order chi connectivity index (χ0) is 13.1. The molecule has 0 aromatic heterocycles. The van der Waals surface area contributed by atoms with Crippen molar-refractivity contribution in [3.8, 4) is 0 Å². The summed E-state index contributed by atoms with van der Waals surface area (Å²) < 4.78 is 0. The maximum absolute atomic E-state index is 9.76. The smallest absolute Gasteiger partial charge is 0.0596 e. The van der Waals surface area contributed by atoms with Crippen LogP contribution in [0.3, 0.4) is 0 Å². The molecule has 0 spiro atoms. The molecule has 2 nitrogen and oxygen atoms in total. The second kappa shape index (κ2) is 5.16. The van der Waals surface area contributed by atoms with E-state index in [1.807, 2.05) is 12.1 Å². The Bertz CT molecular complexity index is 484. The van der Waals surface area contributed by atoms with Gasteiger partial charge in [-0.15, -0.1) is 0 Å². The van der Waals surface area contributed by atoms with Gasteiger partial charge in [0.05, 0.1) is 6.61 Å². The van der Waals surface area contributed by atoms with Gasteiger partial charge in [-0.1, -0.05) is 60.7 Å². The third-order valence-corrected chi connectivity index (χ3v) is 4.27. The molecular weight excluding hydrogens is 234 g/mol. The molecular formula is C17H19NO. The molecule has 2 N–H and O–H groups in total. The molecule has 19 heavy (non-hydrogen) atoms. The van der Waals surface area contributed by atoms with Crippen molar-refractivity contribution in [2.24, 2.45) is 0 Å². The summed E-state index contributed by atoms with van der Waals surface area (Å²) in [4.78, 5) is 0. The normalized spacial score (nSPS) is 21.4. The Morgan fingerprint density at radius 2 is 1.47 bits per heavy atom. The molecule has 2 heteroatoms. The van der Waals surface area contributed by atoms with E-state index < -0.39 is 0 Å². The SMILES string of the molecule is OCC1NCCC1(c1ccccc1)c1ccccc1. The minimum absolute atomic E-state index is 0.0808. The number of aliphatic hydroxyl groups excluding tert-OH is 1. The first kappa shape index (κ1) is 12.4. The lowest BCUT2D eigenvalue weighted by atomic mass is 9.69. The minimum atomic E-state index is -0.114. The van der Waals surface area contributed by atoms with Crippen molar-refractivity contribution in [3.63, 3.8) is 0 Å². The van der Waals surface area contributed by atoms with E-state index in [0.29, 0.717) is 0 Å². The standard InChI is InChI=1S/C17H19NO/c19-13-16-17(11-12-18-16,14-7-3-1-4-8-14)15-9-5-2-6-10-15/h1-10,16,18-19H,11-13H2. The van der Waals surface area contributed by atoms with Crippen molar-refractivity contribution in [1.82, 2.24) is 5.32 Å². The molecule has 1 aliphatic rings. The van der Waals surface area contributed by atoms with Gasteiger partial charge in [0.15, 0.2) is 0 Å². The highest BCUT2D eigenvalue weighted by molar-refractivity contribution is 5.43.